The zero-order valence-electron chi connectivity index (χ0n) is 14.4. The Kier molecular flexibility index (Phi) is 5.43. The molecule has 7 heteroatoms. The van der Waals surface area contributed by atoms with Gasteiger partial charge >= 0.3 is 0 Å². The van der Waals surface area contributed by atoms with E-state index in [2.05, 4.69) is 32.1 Å². The Morgan fingerprint density at radius 1 is 1.00 bits per heavy atom. The van der Waals surface area contributed by atoms with E-state index in [9.17, 15) is 8.42 Å². The third-order valence-corrected chi connectivity index (χ3v) is 5.58. The van der Waals surface area contributed by atoms with E-state index in [-0.39, 0.29) is 5.75 Å². The normalized spacial score (nSPS) is 15.0. The summed E-state index contributed by atoms with van der Waals surface area (Å²) >= 11 is 0. The third-order valence-electron chi connectivity index (χ3n) is 4.28. The number of hydrogen-bond acceptors (Lipinski definition) is 5. The maximum absolute atomic E-state index is 11.5. The number of nitrogens with zero attached hydrogens (tertiary/aromatic N) is 2. The molecule has 1 aromatic carbocycles. The number of anilines is 4. The van der Waals surface area contributed by atoms with E-state index in [1.165, 1.54) is 31.1 Å². The van der Waals surface area contributed by atoms with Crippen LogP contribution in [0.1, 0.15) is 26.2 Å². The summed E-state index contributed by atoms with van der Waals surface area (Å²) in [4.78, 5) is 6.67. The number of sulfonamides is 1. The molecular weight excluding hydrogens is 336 g/mol. The van der Waals surface area contributed by atoms with Crippen LogP contribution in [0.3, 0.4) is 0 Å². The van der Waals surface area contributed by atoms with Gasteiger partial charge in [-0.2, -0.15) is 0 Å². The van der Waals surface area contributed by atoms with E-state index in [0.717, 1.165) is 18.8 Å². The van der Waals surface area contributed by atoms with Crippen LogP contribution in [0.5, 0.6) is 0 Å². The number of benzene rings is 1. The van der Waals surface area contributed by atoms with Gasteiger partial charge in [-0.3, -0.25) is 4.72 Å². The standard InChI is InChI=1S/C18H24N4O2S/c1-2-25(23,24)21-16-8-11-18(19-14-16)20-15-6-9-17(10-7-15)22-12-4-3-5-13-22/h6-11,14,21H,2-5,12-13H2,1H3,(H,19,20). The van der Waals surface area contributed by atoms with Gasteiger partial charge in [0, 0.05) is 24.5 Å². The SMILES string of the molecule is CCS(=O)(=O)Nc1ccc(Nc2ccc(N3CCCCC3)cc2)nc1. The Hall–Kier alpha value is -2.28. The second-order valence-corrected chi connectivity index (χ2v) is 8.17. The molecule has 2 N–H and O–H groups in total. The van der Waals surface area contributed by atoms with Gasteiger partial charge in [-0.15, -0.1) is 0 Å². The maximum atomic E-state index is 11.5. The highest BCUT2D eigenvalue weighted by Gasteiger charge is 2.10. The van der Waals surface area contributed by atoms with Gasteiger partial charge in [-0.1, -0.05) is 0 Å². The van der Waals surface area contributed by atoms with Crippen molar-refractivity contribution >= 4 is 32.9 Å². The van der Waals surface area contributed by atoms with Crippen molar-refractivity contribution in [3.8, 4) is 0 Å². The van der Waals surface area contributed by atoms with Crippen molar-refractivity contribution in [2.75, 3.05) is 33.8 Å². The minimum absolute atomic E-state index is 0.0381. The molecule has 2 heterocycles. The van der Waals surface area contributed by atoms with Crippen molar-refractivity contribution in [3.63, 3.8) is 0 Å². The van der Waals surface area contributed by atoms with Gasteiger partial charge in [0.25, 0.3) is 0 Å². The Balaban J connectivity index is 1.62. The molecule has 0 unspecified atom stereocenters. The first kappa shape index (κ1) is 17.5. The van der Waals surface area contributed by atoms with E-state index < -0.39 is 10.0 Å². The number of hydrogen-bond donors (Lipinski definition) is 2. The predicted molar refractivity (Wildman–Crippen MR) is 103 cm³/mol. The molecule has 0 aliphatic carbocycles. The van der Waals surface area contributed by atoms with Crippen LogP contribution in [0.25, 0.3) is 0 Å². The largest absolute Gasteiger partial charge is 0.372 e. The molecule has 1 aromatic heterocycles. The smallest absolute Gasteiger partial charge is 0.232 e. The molecule has 0 spiro atoms. The molecule has 134 valence electrons. The van der Waals surface area contributed by atoms with Crippen LogP contribution in [0.2, 0.25) is 0 Å². The summed E-state index contributed by atoms with van der Waals surface area (Å²) in [7, 11) is -3.27. The first-order valence-electron chi connectivity index (χ1n) is 8.64. The van der Waals surface area contributed by atoms with Crippen molar-refractivity contribution in [1.29, 1.82) is 0 Å². The van der Waals surface area contributed by atoms with E-state index in [1.807, 2.05) is 12.1 Å². The molecule has 1 aliphatic heterocycles. The Labute approximate surface area is 149 Å². The summed E-state index contributed by atoms with van der Waals surface area (Å²) in [6.07, 6.45) is 5.36. The van der Waals surface area contributed by atoms with Gasteiger partial charge in [0.1, 0.15) is 5.82 Å². The van der Waals surface area contributed by atoms with E-state index in [1.54, 1.807) is 19.1 Å². The van der Waals surface area contributed by atoms with Crippen LogP contribution in [0.4, 0.5) is 22.9 Å². The summed E-state index contributed by atoms with van der Waals surface area (Å²) in [6.45, 7) is 3.85. The molecule has 1 saturated heterocycles. The van der Waals surface area contributed by atoms with Gasteiger partial charge in [-0.05, 0) is 62.6 Å². The predicted octanol–water partition coefficient (Wildman–Crippen LogP) is 3.58. The van der Waals surface area contributed by atoms with Crippen LogP contribution < -0.4 is 14.9 Å². The highest BCUT2D eigenvalue weighted by atomic mass is 32.2. The van der Waals surface area contributed by atoms with Crippen LogP contribution in [-0.2, 0) is 10.0 Å². The van der Waals surface area contributed by atoms with Crippen LogP contribution in [0, 0.1) is 0 Å². The molecule has 1 aliphatic rings. The first-order valence-corrected chi connectivity index (χ1v) is 10.3. The molecule has 0 atom stereocenters. The zero-order valence-corrected chi connectivity index (χ0v) is 15.2. The van der Waals surface area contributed by atoms with E-state index in [4.69, 9.17) is 0 Å². The van der Waals surface area contributed by atoms with Gasteiger partial charge in [0.15, 0.2) is 0 Å². The van der Waals surface area contributed by atoms with Crippen molar-refractivity contribution in [2.45, 2.75) is 26.2 Å². The van der Waals surface area contributed by atoms with Gasteiger partial charge in [0.05, 0.1) is 17.6 Å². The van der Waals surface area contributed by atoms with E-state index in [0.29, 0.717) is 11.5 Å². The summed E-state index contributed by atoms with van der Waals surface area (Å²) in [6, 6.07) is 11.8. The van der Waals surface area contributed by atoms with Crippen molar-refractivity contribution in [3.05, 3.63) is 42.6 Å². The topological polar surface area (TPSA) is 74.3 Å². The Bertz CT molecular complexity index is 783. The quantitative estimate of drug-likeness (QED) is 0.824. The molecule has 3 rings (SSSR count). The van der Waals surface area contributed by atoms with Crippen LogP contribution in [0.15, 0.2) is 42.6 Å². The molecule has 0 bridgehead atoms. The fraction of sp³-hybridized carbons (Fsp3) is 0.389. The van der Waals surface area contributed by atoms with Crippen molar-refractivity contribution < 1.29 is 8.42 Å². The minimum atomic E-state index is -3.27. The van der Waals surface area contributed by atoms with Gasteiger partial charge in [0.2, 0.25) is 10.0 Å². The van der Waals surface area contributed by atoms with Crippen LogP contribution >= 0.6 is 0 Å². The fourth-order valence-electron chi connectivity index (χ4n) is 2.84. The number of aromatic nitrogens is 1. The lowest BCUT2D eigenvalue weighted by atomic mass is 10.1. The fourth-order valence-corrected chi connectivity index (χ4v) is 3.46. The second kappa shape index (κ2) is 7.74. The summed E-state index contributed by atoms with van der Waals surface area (Å²) in [5, 5.41) is 3.23. The van der Waals surface area contributed by atoms with Crippen molar-refractivity contribution in [2.24, 2.45) is 0 Å². The molecule has 0 saturated carbocycles. The average Bonchev–Trinajstić information content (AvgIpc) is 2.64. The zero-order chi connectivity index (χ0) is 17.7. The summed E-state index contributed by atoms with van der Waals surface area (Å²) in [5.74, 6) is 0.710. The third kappa shape index (κ3) is 4.85. The highest BCUT2D eigenvalue weighted by Crippen LogP contribution is 2.23. The number of piperidine rings is 1. The molecular formula is C18H24N4O2S. The Morgan fingerprint density at radius 3 is 2.28 bits per heavy atom. The molecule has 1 fully saturated rings. The van der Waals surface area contributed by atoms with Crippen LogP contribution in [-0.4, -0.2) is 32.2 Å². The van der Waals surface area contributed by atoms with Gasteiger partial charge in [-0.25, -0.2) is 13.4 Å². The second-order valence-electron chi connectivity index (χ2n) is 6.16. The highest BCUT2D eigenvalue weighted by molar-refractivity contribution is 7.92. The molecule has 2 aromatic rings. The lowest BCUT2D eigenvalue weighted by Crippen LogP contribution is -2.29. The maximum Gasteiger partial charge on any atom is 0.232 e. The molecule has 0 radical (unpaired) electrons. The van der Waals surface area contributed by atoms with Crippen molar-refractivity contribution in [1.82, 2.24) is 4.98 Å². The minimum Gasteiger partial charge on any atom is -0.372 e. The molecule has 6 nitrogen and oxygen atoms in total. The lowest BCUT2D eigenvalue weighted by molar-refractivity contribution is 0.578. The molecule has 0 amide bonds. The average molecular weight is 360 g/mol. The Morgan fingerprint density at radius 2 is 1.68 bits per heavy atom. The summed E-state index contributed by atoms with van der Waals surface area (Å²) in [5.41, 5.74) is 2.67. The number of nitrogens with one attached hydrogen (secondary N) is 2. The summed E-state index contributed by atoms with van der Waals surface area (Å²) < 4.78 is 25.6. The molecule has 25 heavy (non-hydrogen) atoms. The van der Waals surface area contributed by atoms with E-state index >= 15 is 0 Å². The van der Waals surface area contributed by atoms with Gasteiger partial charge < -0.3 is 10.2 Å². The lowest BCUT2D eigenvalue weighted by Gasteiger charge is -2.28. The first-order chi connectivity index (χ1) is 12.1. The monoisotopic (exact) mass is 360 g/mol. The number of pyridine rings is 1. The number of rotatable bonds is 6.